The molecule has 0 aromatic carbocycles. The lowest BCUT2D eigenvalue weighted by atomic mass is 10.0. The van der Waals surface area contributed by atoms with Gasteiger partial charge in [0.2, 0.25) is 5.91 Å². The third-order valence-corrected chi connectivity index (χ3v) is 3.62. The number of thiophene rings is 1. The van der Waals surface area contributed by atoms with Gasteiger partial charge in [-0.15, -0.1) is 11.3 Å². The lowest BCUT2D eigenvalue weighted by Gasteiger charge is -2.32. The van der Waals surface area contributed by atoms with Gasteiger partial charge in [0.1, 0.15) is 6.04 Å². The van der Waals surface area contributed by atoms with E-state index >= 15 is 0 Å². The molecule has 0 spiro atoms. The third-order valence-electron chi connectivity index (χ3n) is 2.76. The van der Waals surface area contributed by atoms with Gasteiger partial charge in [0, 0.05) is 11.3 Å². The minimum Gasteiger partial charge on any atom is -0.480 e. The van der Waals surface area contributed by atoms with Crippen LogP contribution in [0.15, 0.2) is 17.5 Å². The number of hydrogen-bond acceptors (Lipinski definition) is 3. The Bertz CT molecular complexity index is 388. The average Bonchev–Trinajstić information content (AvgIpc) is 2.73. The second kappa shape index (κ2) is 4.65. The van der Waals surface area contributed by atoms with Crippen molar-refractivity contribution >= 4 is 23.2 Å². The van der Waals surface area contributed by atoms with Crippen molar-refractivity contribution in [2.24, 2.45) is 0 Å². The van der Waals surface area contributed by atoms with Crippen LogP contribution in [0.2, 0.25) is 0 Å². The van der Waals surface area contributed by atoms with E-state index in [0.29, 0.717) is 25.8 Å². The number of nitrogens with zero attached hydrogens (tertiary/aromatic N) is 1. The molecule has 1 atom stereocenters. The second-order valence-corrected chi connectivity index (χ2v) is 4.88. The van der Waals surface area contributed by atoms with Gasteiger partial charge in [0.25, 0.3) is 0 Å². The van der Waals surface area contributed by atoms with Crippen molar-refractivity contribution in [3.8, 4) is 0 Å². The lowest BCUT2D eigenvalue weighted by molar-refractivity contribution is -0.153. The molecule has 1 fully saturated rings. The second-order valence-electron chi connectivity index (χ2n) is 3.85. The SMILES string of the molecule is O=C(O)[C@H]1CCCC(=O)N1Cc1cccs1. The zero-order chi connectivity index (χ0) is 11.5. The molecule has 1 N–H and O–H groups in total. The fraction of sp³-hybridized carbons (Fsp3) is 0.455. The Kier molecular flexibility index (Phi) is 3.24. The Morgan fingerprint density at radius 1 is 1.62 bits per heavy atom. The van der Waals surface area contributed by atoms with Crippen LogP contribution in [0.1, 0.15) is 24.1 Å². The highest BCUT2D eigenvalue weighted by Gasteiger charge is 2.32. The first-order valence-electron chi connectivity index (χ1n) is 5.23. The quantitative estimate of drug-likeness (QED) is 0.873. The molecule has 1 aliphatic rings. The molecule has 0 bridgehead atoms. The fourth-order valence-electron chi connectivity index (χ4n) is 1.95. The van der Waals surface area contributed by atoms with Crippen LogP contribution >= 0.6 is 11.3 Å². The molecule has 4 nitrogen and oxygen atoms in total. The topological polar surface area (TPSA) is 57.6 Å². The van der Waals surface area contributed by atoms with Gasteiger partial charge in [0.05, 0.1) is 6.54 Å². The van der Waals surface area contributed by atoms with Gasteiger partial charge < -0.3 is 10.0 Å². The molecule has 2 heterocycles. The van der Waals surface area contributed by atoms with Gasteiger partial charge in [-0.3, -0.25) is 4.79 Å². The first-order valence-corrected chi connectivity index (χ1v) is 6.11. The van der Waals surface area contributed by atoms with Crippen molar-refractivity contribution in [3.05, 3.63) is 22.4 Å². The van der Waals surface area contributed by atoms with Gasteiger partial charge in [-0.05, 0) is 24.3 Å². The van der Waals surface area contributed by atoms with Crippen molar-refractivity contribution in [2.75, 3.05) is 0 Å². The molecular weight excluding hydrogens is 226 g/mol. The standard InChI is InChI=1S/C11H13NO3S/c13-10-5-1-4-9(11(14)15)12(10)7-8-3-2-6-16-8/h2-3,6,9H,1,4-5,7H2,(H,14,15)/t9-/m1/s1. The maximum atomic E-state index is 11.7. The smallest absolute Gasteiger partial charge is 0.326 e. The molecule has 2 rings (SSSR count). The van der Waals surface area contributed by atoms with Gasteiger partial charge in [0.15, 0.2) is 0 Å². The Labute approximate surface area is 97.5 Å². The summed E-state index contributed by atoms with van der Waals surface area (Å²) in [4.78, 5) is 25.3. The Hall–Kier alpha value is -1.36. The summed E-state index contributed by atoms with van der Waals surface area (Å²) < 4.78 is 0. The van der Waals surface area contributed by atoms with E-state index in [-0.39, 0.29) is 5.91 Å². The molecule has 1 aromatic rings. The van der Waals surface area contributed by atoms with Gasteiger partial charge in [-0.1, -0.05) is 6.07 Å². The number of hydrogen-bond donors (Lipinski definition) is 1. The number of carbonyl (C=O) groups is 2. The van der Waals surface area contributed by atoms with Crippen LogP contribution < -0.4 is 0 Å². The zero-order valence-electron chi connectivity index (χ0n) is 8.76. The Balaban J connectivity index is 2.13. The van der Waals surface area contributed by atoms with Crippen molar-refractivity contribution in [3.63, 3.8) is 0 Å². The summed E-state index contributed by atoms with van der Waals surface area (Å²) in [6.45, 7) is 0.424. The van der Waals surface area contributed by atoms with E-state index in [2.05, 4.69) is 0 Å². The maximum Gasteiger partial charge on any atom is 0.326 e. The highest BCUT2D eigenvalue weighted by molar-refractivity contribution is 7.09. The van der Waals surface area contributed by atoms with Crippen molar-refractivity contribution in [2.45, 2.75) is 31.8 Å². The summed E-state index contributed by atoms with van der Waals surface area (Å²) in [5, 5.41) is 11.0. The summed E-state index contributed by atoms with van der Waals surface area (Å²) in [7, 11) is 0. The van der Waals surface area contributed by atoms with E-state index in [1.807, 2.05) is 17.5 Å². The van der Waals surface area contributed by atoms with Crippen molar-refractivity contribution in [1.29, 1.82) is 0 Å². The van der Waals surface area contributed by atoms with Crippen molar-refractivity contribution < 1.29 is 14.7 Å². The van der Waals surface area contributed by atoms with Crippen LogP contribution in [0, 0.1) is 0 Å². The normalized spacial score (nSPS) is 21.1. The van der Waals surface area contributed by atoms with Gasteiger partial charge in [-0.25, -0.2) is 4.79 Å². The summed E-state index contributed by atoms with van der Waals surface area (Å²) in [5.41, 5.74) is 0. The predicted molar refractivity (Wildman–Crippen MR) is 60.1 cm³/mol. The maximum absolute atomic E-state index is 11.7. The first kappa shape index (κ1) is 11.1. The van der Waals surface area contributed by atoms with Gasteiger partial charge in [-0.2, -0.15) is 0 Å². The van der Waals surface area contributed by atoms with Crippen LogP contribution in [0.25, 0.3) is 0 Å². The van der Waals surface area contributed by atoms with Crippen molar-refractivity contribution in [1.82, 2.24) is 4.90 Å². The van der Waals surface area contributed by atoms with E-state index in [1.54, 1.807) is 11.3 Å². The highest BCUT2D eigenvalue weighted by atomic mass is 32.1. The number of carboxylic acid groups (broad SMARTS) is 1. The van der Waals surface area contributed by atoms with Crippen LogP contribution in [-0.4, -0.2) is 27.9 Å². The van der Waals surface area contributed by atoms with Crippen LogP contribution in [0.3, 0.4) is 0 Å². The molecule has 16 heavy (non-hydrogen) atoms. The lowest BCUT2D eigenvalue weighted by Crippen LogP contribution is -2.47. The largest absolute Gasteiger partial charge is 0.480 e. The van der Waals surface area contributed by atoms with E-state index in [1.165, 1.54) is 4.90 Å². The number of carboxylic acids is 1. The minimum absolute atomic E-state index is 0.0490. The monoisotopic (exact) mass is 239 g/mol. The Morgan fingerprint density at radius 2 is 2.44 bits per heavy atom. The van der Waals surface area contributed by atoms with Crippen LogP contribution in [0.4, 0.5) is 0 Å². The van der Waals surface area contributed by atoms with Crippen LogP contribution in [-0.2, 0) is 16.1 Å². The molecule has 0 saturated carbocycles. The molecule has 1 amide bonds. The van der Waals surface area contributed by atoms with Crippen LogP contribution in [0.5, 0.6) is 0 Å². The van der Waals surface area contributed by atoms with E-state index in [4.69, 9.17) is 5.11 Å². The number of rotatable bonds is 3. The number of likely N-dealkylation sites (tertiary alicyclic amines) is 1. The third kappa shape index (κ3) is 2.24. The zero-order valence-corrected chi connectivity index (χ0v) is 9.57. The molecule has 1 aromatic heterocycles. The Morgan fingerprint density at radius 3 is 3.06 bits per heavy atom. The average molecular weight is 239 g/mol. The molecule has 0 radical (unpaired) electrons. The molecule has 1 aliphatic heterocycles. The molecule has 0 unspecified atom stereocenters. The summed E-state index contributed by atoms with van der Waals surface area (Å²) in [6.07, 6.45) is 1.71. The highest BCUT2D eigenvalue weighted by Crippen LogP contribution is 2.22. The molecular formula is C11H13NO3S. The molecule has 5 heteroatoms. The first-order chi connectivity index (χ1) is 7.68. The van der Waals surface area contributed by atoms with E-state index < -0.39 is 12.0 Å². The van der Waals surface area contributed by atoms with Gasteiger partial charge >= 0.3 is 5.97 Å². The summed E-state index contributed by atoms with van der Waals surface area (Å²) in [6, 6.07) is 3.18. The molecule has 1 saturated heterocycles. The number of amides is 1. The number of aliphatic carboxylic acids is 1. The number of piperidine rings is 1. The van der Waals surface area contributed by atoms with E-state index in [9.17, 15) is 9.59 Å². The predicted octanol–water partition coefficient (Wildman–Crippen LogP) is 1.71. The fourth-order valence-corrected chi connectivity index (χ4v) is 2.65. The number of carbonyl (C=O) groups excluding carboxylic acids is 1. The summed E-state index contributed by atoms with van der Waals surface area (Å²) in [5.74, 6) is -0.948. The molecule has 86 valence electrons. The van der Waals surface area contributed by atoms with E-state index in [0.717, 1.165) is 4.88 Å². The minimum atomic E-state index is -0.899. The summed E-state index contributed by atoms with van der Waals surface area (Å²) >= 11 is 1.55. The molecule has 0 aliphatic carbocycles.